The van der Waals surface area contributed by atoms with Crippen molar-refractivity contribution in [2.24, 2.45) is 0 Å². The Bertz CT molecular complexity index is 2520. The number of nitrogens with zero attached hydrogens (tertiary/aromatic N) is 4. The van der Waals surface area contributed by atoms with E-state index in [0.29, 0.717) is 0 Å². The second-order valence-electron chi connectivity index (χ2n) is 12.5. The predicted molar refractivity (Wildman–Crippen MR) is 200 cm³/mol. The lowest BCUT2D eigenvalue weighted by molar-refractivity contribution is 0.796. The Morgan fingerprint density at radius 3 is 1.90 bits per heavy atom. The Hall–Kier alpha value is -6.00. The highest BCUT2D eigenvalue weighted by Crippen LogP contribution is 2.42. The van der Waals surface area contributed by atoms with E-state index in [-0.39, 0.29) is 0 Å². The molecule has 230 valence electrons. The van der Waals surface area contributed by atoms with Crippen LogP contribution >= 0.6 is 0 Å². The maximum atomic E-state index is 5.33. The van der Waals surface area contributed by atoms with Gasteiger partial charge in [0.15, 0.2) is 5.65 Å². The summed E-state index contributed by atoms with van der Waals surface area (Å²) in [7, 11) is 0. The zero-order valence-corrected chi connectivity index (χ0v) is 26.8. The van der Waals surface area contributed by atoms with Crippen molar-refractivity contribution in [3.63, 3.8) is 0 Å². The zero-order chi connectivity index (χ0) is 32.0. The molecule has 0 saturated heterocycles. The first-order valence-corrected chi connectivity index (χ1v) is 16.8. The summed E-state index contributed by atoms with van der Waals surface area (Å²) in [5.74, 6) is 0. The van der Waals surface area contributed by atoms with E-state index in [1.165, 1.54) is 32.9 Å². The van der Waals surface area contributed by atoms with Crippen molar-refractivity contribution >= 4 is 43.7 Å². The van der Waals surface area contributed by atoms with Gasteiger partial charge < -0.3 is 4.57 Å². The van der Waals surface area contributed by atoms with Gasteiger partial charge in [0.2, 0.25) is 0 Å². The number of aromatic nitrogens is 4. The Kier molecular flexibility index (Phi) is 6.86. The Morgan fingerprint density at radius 1 is 0.562 bits per heavy atom. The third-order valence-electron chi connectivity index (χ3n) is 9.53. The first-order valence-electron chi connectivity index (χ1n) is 16.8. The van der Waals surface area contributed by atoms with Gasteiger partial charge in [-0.25, -0.2) is 9.67 Å². The molecular weight excluding hydrogens is 585 g/mol. The van der Waals surface area contributed by atoms with Crippen molar-refractivity contribution in [3.8, 4) is 33.8 Å². The van der Waals surface area contributed by atoms with Gasteiger partial charge in [0, 0.05) is 33.0 Å². The zero-order valence-electron chi connectivity index (χ0n) is 26.8. The van der Waals surface area contributed by atoms with Crippen LogP contribution in [0.2, 0.25) is 0 Å². The molecule has 0 bridgehead atoms. The Morgan fingerprint density at radius 2 is 1.21 bits per heavy atom. The monoisotopic (exact) mass is 618 g/mol. The van der Waals surface area contributed by atoms with Crippen molar-refractivity contribution in [2.45, 2.75) is 26.2 Å². The average molecular weight is 619 g/mol. The smallest absolute Gasteiger partial charge is 0.164 e. The van der Waals surface area contributed by atoms with Crippen LogP contribution in [-0.2, 0) is 6.42 Å². The molecule has 48 heavy (non-hydrogen) atoms. The summed E-state index contributed by atoms with van der Waals surface area (Å²) in [6.07, 6.45) is 3.37. The first-order chi connectivity index (χ1) is 23.8. The van der Waals surface area contributed by atoms with Crippen molar-refractivity contribution in [1.29, 1.82) is 0 Å². The maximum absolute atomic E-state index is 5.33. The van der Waals surface area contributed by atoms with Gasteiger partial charge in [-0.05, 0) is 72.5 Å². The highest BCUT2D eigenvalue weighted by atomic mass is 15.3. The van der Waals surface area contributed by atoms with Gasteiger partial charge in [0.05, 0.1) is 27.6 Å². The van der Waals surface area contributed by atoms with E-state index < -0.39 is 0 Å². The molecule has 0 aliphatic heterocycles. The van der Waals surface area contributed by atoms with Crippen LogP contribution in [-0.4, -0.2) is 19.3 Å². The summed E-state index contributed by atoms with van der Waals surface area (Å²) in [6.45, 7) is 2.25. The predicted octanol–water partition coefficient (Wildman–Crippen LogP) is 11.3. The molecule has 0 N–H and O–H groups in total. The summed E-state index contributed by atoms with van der Waals surface area (Å²) in [5, 5.41) is 10.0. The van der Waals surface area contributed by atoms with Crippen molar-refractivity contribution in [3.05, 3.63) is 157 Å². The molecule has 4 heteroatoms. The summed E-state index contributed by atoms with van der Waals surface area (Å²) < 4.78 is 4.39. The normalized spacial score (nSPS) is 11.7. The van der Waals surface area contributed by atoms with E-state index in [0.717, 1.165) is 69.4 Å². The molecule has 0 radical (unpaired) electrons. The van der Waals surface area contributed by atoms with E-state index >= 15 is 0 Å². The van der Waals surface area contributed by atoms with Gasteiger partial charge in [-0.2, -0.15) is 5.10 Å². The number of unbranched alkanes of at least 4 members (excludes halogenated alkanes) is 1. The minimum atomic E-state index is 0.857. The minimum absolute atomic E-state index is 0.857. The van der Waals surface area contributed by atoms with E-state index in [2.05, 4.69) is 157 Å². The number of para-hydroxylation sites is 3. The SMILES string of the molecule is CCCCc1ccc2nc3c(c(-c4ccccc4)nn3-c3ccccc3)c(-c3ccc(-n4c5ccccc5c5ccccc54)cc3)c2c1. The van der Waals surface area contributed by atoms with Gasteiger partial charge in [-0.3, -0.25) is 0 Å². The second-order valence-corrected chi connectivity index (χ2v) is 12.5. The quantitative estimate of drug-likeness (QED) is 0.178. The molecule has 4 nitrogen and oxygen atoms in total. The number of hydrogen-bond acceptors (Lipinski definition) is 2. The fraction of sp³-hybridized carbons (Fsp3) is 0.0909. The molecule has 0 aliphatic carbocycles. The Balaban J connectivity index is 1.33. The summed E-state index contributed by atoms with van der Waals surface area (Å²) in [6, 6.07) is 54.1. The fourth-order valence-electron chi connectivity index (χ4n) is 7.23. The van der Waals surface area contributed by atoms with E-state index in [4.69, 9.17) is 10.1 Å². The Labute approximate surface area is 279 Å². The van der Waals surface area contributed by atoms with Gasteiger partial charge in [0.1, 0.15) is 5.69 Å². The summed E-state index contributed by atoms with van der Waals surface area (Å²) in [5.41, 5.74) is 12.0. The molecular formula is C44H34N4. The lowest BCUT2D eigenvalue weighted by Gasteiger charge is -2.14. The van der Waals surface area contributed by atoms with E-state index in [9.17, 15) is 0 Å². The number of aryl methyl sites for hydroxylation is 1. The maximum Gasteiger partial charge on any atom is 0.164 e. The standard InChI is InChI=1S/C44H34N4/c1-2-3-14-30-23-28-38-37(29-30)41(42-43(32-15-6-4-7-16-32)46-48(44(42)45-38)34-17-8-5-9-18-34)31-24-26-33(27-25-31)47-39-21-12-10-19-35(39)36-20-11-13-22-40(36)47/h4-13,15-29H,2-3,14H2,1H3. The molecule has 0 atom stereocenters. The number of fused-ring (bicyclic) bond motifs is 5. The van der Waals surface area contributed by atoms with E-state index in [1.54, 1.807) is 0 Å². The van der Waals surface area contributed by atoms with Crippen LogP contribution in [0.3, 0.4) is 0 Å². The summed E-state index contributed by atoms with van der Waals surface area (Å²) >= 11 is 0. The van der Waals surface area contributed by atoms with Crippen LogP contribution in [0.25, 0.3) is 77.5 Å². The number of pyridine rings is 1. The largest absolute Gasteiger partial charge is 0.309 e. The van der Waals surface area contributed by atoms with Crippen LogP contribution in [0.15, 0.2) is 152 Å². The molecule has 0 fully saturated rings. The number of benzene rings is 6. The van der Waals surface area contributed by atoms with Crippen LogP contribution in [0, 0.1) is 0 Å². The third-order valence-corrected chi connectivity index (χ3v) is 9.53. The lowest BCUT2D eigenvalue weighted by atomic mass is 9.93. The van der Waals surface area contributed by atoms with Gasteiger partial charge >= 0.3 is 0 Å². The number of rotatable bonds is 7. The molecule has 0 aliphatic rings. The van der Waals surface area contributed by atoms with Crippen molar-refractivity contribution in [1.82, 2.24) is 19.3 Å². The first kappa shape index (κ1) is 28.2. The van der Waals surface area contributed by atoms with Crippen LogP contribution < -0.4 is 0 Å². The molecule has 0 spiro atoms. The molecule has 9 aromatic rings. The van der Waals surface area contributed by atoms with Gasteiger partial charge in [0.25, 0.3) is 0 Å². The molecule has 0 amide bonds. The van der Waals surface area contributed by atoms with E-state index in [1.807, 2.05) is 10.7 Å². The van der Waals surface area contributed by atoms with Crippen molar-refractivity contribution in [2.75, 3.05) is 0 Å². The molecule has 9 rings (SSSR count). The second kappa shape index (κ2) is 11.7. The molecule has 0 saturated carbocycles. The third kappa shape index (κ3) is 4.60. The highest BCUT2D eigenvalue weighted by Gasteiger charge is 2.23. The molecule has 3 heterocycles. The fourth-order valence-corrected chi connectivity index (χ4v) is 7.23. The minimum Gasteiger partial charge on any atom is -0.309 e. The molecule has 0 unspecified atom stereocenters. The van der Waals surface area contributed by atoms with Crippen LogP contribution in [0.4, 0.5) is 0 Å². The summed E-state index contributed by atoms with van der Waals surface area (Å²) in [4.78, 5) is 5.33. The molecule has 3 aromatic heterocycles. The molecule has 6 aromatic carbocycles. The van der Waals surface area contributed by atoms with Gasteiger partial charge in [-0.1, -0.05) is 116 Å². The highest BCUT2D eigenvalue weighted by molar-refractivity contribution is 6.14. The van der Waals surface area contributed by atoms with Crippen LogP contribution in [0.5, 0.6) is 0 Å². The van der Waals surface area contributed by atoms with Crippen molar-refractivity contribution < 1.29 is 0 Å². The number of hydrogen-bond donors (Lipinski definition) is 0. The van der Waals surface area contributed by atoms with Gasteiger partial charge in [-0.15, -0.1) is 0 Å². The topological polar surface area (TPSA) is 35.6 Å². The van der Waals surface area contributed by atoms with Crippen LogP contribution in [0.1, 0.15) is 25.3 Å². The average Bonchev–Trinajstić information content (AvgIpc) is 3.70. The lowest BCUT2D eigenvalue weighted by Crippen LogP contribution is -1.98.